The molecular formula is C21H24F2N2O5. The lowest BCUT2D eigenvalue weighted by Gasteiger charge is -2.14. The van der Waals surface area contributed by atoms with Crippen LogP contribution in [0.1, 0.15) is 28.8 Å². The number of halogens is 2. The molecule has 0 aliphatic heterocycles. The molecule has 2 aromatic rings. The minimum absolute atomic E-state index is 0.155. The monoisotopic (exact) mass is 422 g/mol. The minimum atomic E-state index is -0.936. The molecule has 0 unspecified atom stereocenters. The molecule has 2 rings (SSSR count). The summed E-state index contributed by atoms with van der Waals surface area (Å²) in [6, 6.07) is 6.11. The van der Waals surface area contributed by atoms with Crippen LogP contribution >= 0.6 is 0 Å². The zero-order valence-electron chi connectivity index (χ0n) is 17.0. The van der Waals surface area contributed by atoms with Crippen LogP contribution < -0.4 is 24.8 Å². The summed E-state index contributed by atoms with van der Waals surface area (Å²) in [6.07, 6.45) is 0.505. The third-order valence-electron chi connectivity index (χ3n) is 4.30. The van der Waals surface area contributed by atoms with E-state index < -0.39 is 17.5 Å². The fourth-order valence-corrected chi connectivity index (χ4v) is 2.73. The predicted molar refractivity (Wildman–Crippen MR) is 106 cm³/mol. The van der Waals surface area contributed by atoms with Crippen LogP contribution in [0.2, 0.25) is 0 Å². The number of amides is 2. The summed E-state index contributed by atoms with van der Waals surface area (Å²) in [4.78, 5) is 24.0. The average molecular weight is 422 g/mol. The van der Waals surface area contributed by atoms with Gasteiger partial charge in [-0.25, -0.2) is 8.78 Å². The van der Waals surface area contributed by atoms with Crippen LogP contribution in [0.3, 0.4) is 0 Å². The molecule has 7 nitrogen and oxygen atoms in total. The standard InChI is InChI=1S/C21H24F2N2O5/c1-28-17-11-19(30-3)18(29-2)9-13(17)12-25-20(26)5-4-8-24-21(27)15-7-6-14(22)10-16(15)23/h6-7,9-11H,4-5,8,12H2,1-3H3,(H,24,27)(H,25,26). The zero-order valence-corrected chi connectivity index (χ0v) is 17.0. The molecule has 30 heavy (non-hydrogen) atoms. The minimum Gasteiger partial charge on any atom is -0.496 e. The van der Waals surface area contributed by atoms with Crippen LogP contribution in [0.15, 0.2) is 30.3 Å². The van der Waals surface area contributed by atoms with E-state index in [-0.39, 0.29) is 31.0 Å². The van der Waals surface area contributed by atoms with Gasteiger partial charge in [0, 0.05) is 37.2 Å². The van der Waals surface area contributed by atoms with Crippen molar-refractivity contribution in [1.82, 2.24) is 10.6 Å². The van der Waals surface area contributed by atoms with Gasteiger partial charge in [-0.05, 0) is 24.6 Å². The van der Waals surface area contributed by atoms with Gasteiger partial charge in [-0.15, -0.1) is 0 Å². The molecule has 2 amide bonds. The highest BCUT2D eigenvalue weighted by Gasteiger charge is 2.14. The number of carbonyl (C=O) groups excluding carboxylic acids is 2. The first kappa shape index (κ1) is 22.9. The van der Waals surface area contributed by atoms with Crippen LogP contribution in [0, 0.1) is 11.6 Å². The molecule has 0 aliphatic rings. The molecule has 9 heteroatoms. The summed E-state index contributed by atoms with van der Waals surface area (Å²) in [5.41, 5.74) is 0.463. The normalized spacial score (nSPS) is 10.3. The fraction of sp³-hybridized carbons (Fsp3) is 0.333. The predicted octanol–water partition coefficient (Wildman–Crippen LogP) is 2.82. The lowest BCUT2D eigenvalue weighted by Crippen LogP contribution is -2.28. The van der Waals surface area contributed by atoms with E-state index in [1.807, 2.05) is 0 Å². The first-order chi connectivity index (χ1) is 14.4. The molecule has 0 aromatic heterocycles. The smallest absolute Gasteiger partial charge is 0.254 e. The van der Waals surface area contributed by atoms with Crippen molar-refractivity contribution in [3.8, 4) is 17.2 Å². The quantitative estimate of drug-likeness (QED) is 0.575. The van der Waals surface area contributed by atoms with Gasteiger partial charge in [-0.3, -0.25) is 9.59 Å². The first-order valence-electron chi connectivity index (χ1n) is 9.18. The van der Waals surface area contributed by atoms with Gasteiger partial charge >= 0.3 is 0 Å². The van der Waals surface area contributed by atoms with E-state index in [1.165, 1.54) is 21.3 Å². The van der Waals surface area contributed by atoms with Gasteiger partial charge in [0.05, 0.1) is 26.9 Å². The summed E-state index contributed by atoms with van der Waals surface area (Å²) in [7, 11) is 4.54. The Labute approximate surface area is 173 Å². The van der Waals surface area contributed by atoms with E-state index in [0.29, 0.717) is 35.3 Å². The third kappa shape index (κ3) is 6.07. The first-order valence-corrected chi connectivity index (χ1v) is 9.18. The van der Waals surface area contributed by atoms with Crippen molar-refractivity contribution in [2.24, 2.45) is 0 Å². The maximum Gasteiger partial charge on any atom is 0.254 e. The van der Waals surface area contributed by atoms with Gasteiger partial charge in [-0.2, -0.15) is 0 Å². The highest BCUT2D eigenvalue weighted by atomic mass is 19.1. The summed E-state index contributed by atoms with van der Waals surface area (Å²) in [5, 5.41) is 5.27. The second-order valence-corrected chi connectivity index (χ2v) is 6.28. The molecule has 0 fully saturated rings. The summed E-state index contributed by atoms with van der Waals surface area (Å²) in [6.45, 7) is 0.387. The highest BCUT2D eigenvalue weighted by Crippen LogP contribution is 2.34. The second-order valence-electron chi connectivity index (χ2n) is 6.28. The Hall–Kier alpha value is -3.36. The van der Waals surface area contributed by atoms with Crippen molar-refractivity contribution < 1.29 is 32.6 Å². The van der Waals surface area contributed by atoms with E-state index in [9.17, 15) is 18.4 Å². The van der Waals surface area contributed by atoms with Crippen LogP contribution in [0.5, 0.6) is 17.2 Å². The zero-order chi connectivity index (χ0) is 22.1. The van der Waals surface area contributed by atoms with Crippen molar-refractivity contribution in [3.63, 3.8) is 0 Å². The van der Waals surface area contributed by atoms with E-state index in [1.54, 1.807) is 12.1 Å². The number of carbonyl (C=O) groups is 2. The number of benzene rings is 2. The number of hydrogen-bond acceptors (Lipinski definition) is 5. The molecule has 0 saturated carbocycles. The summed E-state index contributed by atoms with van der Waals surface area (Å²) in [5.74, 6) is -1.02. The maximum atomic E-state index is 13.6. The third-order valence-corrected chi connectivity index (χ3v) is 4.30. The number of nitrogens with one attached hydrogen (secondary N) is 2. The Morgan fingerprint density at radius 1 is 0.900 bits per heavy atom. The number of hydrogen-bond donors (Lipinski definition) is 2. The molecule has 0 spiro atoms. The highest BCUT2D eigenvalue weighted by molar-refractivity contribution is 5.94. The summed E-state index contributed by atoms with van der Waals surface area (Å²) < 4.78 is 42.3. The van der Waals surface area contributed by atoms with Gasteiger partial charge in [0.2, 0.25) is 5.91 Å². The summed E-state index contributed by atoms with van der Waals surface area (Å²) >= 11 is 0. The van der Waals surface area contributed by atoms with Gasteiger partial charge in [-0.1, -0.05) is 0 Å². The molecular weight excluding hydrogens is 398 g/mol. The topological polar surface area (TPSA) is 85.9 Å². The Kier molecular flexibility index (Phi) is 8.40. The van der Waals surface area contributed by atoms with Crippen molar-refractivity contribution in [2.75, 3.05) is 27.9 Å². The Morgan fingerprint density at radius 3 is 2.20 bits per heavy atom. The van der Waals surface area contributed by atoms with Gasteiger partial charge in [0.1, 0.15) is 17.4 Å². The van der Waals surface area contributed by atoms with Crippen molar-refractivity contribution in [3.05, 3.63) is 53.1 Å². The Bertz CT molecular complexity index is 905. The molecule has 162 valence electrons. The molecule has 2 aromatic carbocycles. The average Bonchev–Trinajstić information content (AvgIpc) is 2.74. The van der Waals surface area contributed by atoms with E-state index in [2.05, 4.69) is 10.6 Å². The number of ether oxygens (including phenoxy) is 3. The largest absolute Gasteiger partial charge is 0.496 e. The van der Waals surface area contributed by atoms with Crippen LogP contribution in [-0.4, -0.2) is 39.7 Å². The Balaban J connectivity index is 1.81. The molecule has 0 radical (unpaired) electrons. The number of rotatable bonds is 10. The van der Waals surface area contributed by atoms with Gasteiger partial charge in [0.15, 0.2) is 11.5 Å². The molecule has 0 atom stereocenters. The van der Waals surface area contributed by atoms with E-state index >= 15 is 0 Å². The molecule has 0 bridgehead atoms. The second kappa shape index (κ2) is 11.0. The van der Waals surface area contributed by atoms with Crippen molar-refractivity contribution in [1.29, 1.82) is 0 Å². The van der Waals surface area contributed by atoms with Crippen LogP contribution in [0.4, 0.5) is 8.78 Å². The molecule has 0 saturated heterocycles. The SMILES string of the molecule is COc1cc(OC)c(OC)cc1CNC(=O)CCCNC(=O)c1ccc(F)cc1F. The number of methoxy groups -OCH3 is 3. The fourth-order valence-electron chi connectivity index (χ4n) is 2.73. The van der Waals surface area contributed by atoms with Gasteiger partial charge in [0.25, 0.3) is 5.91 Å². The lowest BCUT2D eigenvalue weighted by atomic mass is 10.1. The maximum absolute atomic E-state index is 13.6. The Morgan fingerprint density at radius 2 is 1.57 bits per heavy atom. The van der Waals surface area contributed by atoms with Crippen molar-refractivity contribution >= 4 is 11.8 Å². The van der Waals surface area contributed by atoms with E-state index in [0.717, 1.165) is 12.1 Å². The van der Waals surface area contributed by atoms with E-state index in [4.69, 9.17) is 14.2 Å². The van der Waals surface area contributed by atoms with Crippen molar-refractivity contribution in [2.45, 2.75) is 19.4 Å². The van der Waals surface area contributed by atoms with Crippen LogP contribution in [0.25, 0.3) is 0 Å². The molecule has 2 N–H and O–H groups in total. The molecule has 0 aliphatic carbocycles. The van der Waals surface area contributed by atoms with Gasteiger partial charge < -0.3 is 24.8 Å². The van der Waals surface area contributed by atoms with Crippen LogP contribution in [-0.2, 0) is 11.3 Å². The molecule has 0 heterocycles. The lowest BCUT2D eigenvalue weighted by molar-refractivity contribution is -0.121.